The number of amides is 1. The Kier molecular flexibility index (Phi) is 5.82. The van der Waals surface area contributed by atoms with Gasteiger partial charge in [0.2, 0.25) is 0 Å². The summed E-state index contributed by atoms with van der Waals surface area (Å²) in [5.74, 6) is 0.920. The molecule has 2 rings (SSSR count). The second-order valence-electron chi connectivity index (χ2n) is 6.35. The monoisotopic (exact) mass is 316 g/mol. The first-order chi connectivity index (χ1) is 10.9. The van der Waals surface area contributed by atoms with Crippen LogP contribution < -0.4 is 10.6 Å². The second-order valence-corrected chi connectivity index (χ2v) is 6.35. The maximum atomic E-state index is 11.6. The first-order valence-electron chi connectivity index (χ1n) is 7.70. The van der Waals surface area contributed by atoms with Crippen molar-refractivity contribution in [3.05, 3.63) is 59.5 Å². The molecule has 2 N–H and O–H groups in total. The Morgan fingerprint density at radius 3 is 2.26 bits per heavy atom. The van der Waals surface area contributed by atoms with Crippen LogP contribution in [0.5, 0.6) is 0 Å². The molecular formula is C18H24N2O3. The highest BCUT2D eigenvalue weighted by Crippen LogP contribution is 2.08. The van der Waals surface area contributed by atoms with Crippen LogP contribution in [0, 0.1) is 0 Å². The van der Waals surface area contributed by atoms with Crippen molar-refractivity contribution in [2.24, 2.45) is 0 Å². The van der Waals surface area contributed by atoms with Gasteiger partial charge in [-0.15, -0.1) is 0 Å². The lowest BCUT2D eigenvalue weighted by atomic mass is 10.1. The average Bonchev–Trinajstić information content (AvgIpc) is 2.98. The van der Waals surface area contributed by atoms with E-state index in [1.54, 1.807) is 6.26 Å². The summed E-state index contributed by atoms with van der Waals surface area (Å²) in [6.07, 6.45) is 1.27. The van der Waals surface area contributed by atoms with Gasteiger partial charge in [-0.05, 0) is 44.0 Å². The molecule has 0 spiro atoms. The number of benzene rings is 1. The van der Waals surface area contributed by atoms with Crippen molar-refractivity contribution >= 4 is 6.09 Å². The predicted molar refractivity (Wildman–Crippen MR) is 88.8 cm³/mol. The Labute approximate surface area is 137 Å². The molecule has 0 aliphatic rings. The Hall–Kier alpha value is -2.27. The summed E-state index contributed by atoms with van der Waals surface area (Å²) in [6, 6.07) is 11.9. The van der Waals surface area contributed by atoms with Gasteiger partial charge in [0.1, 0.15) is 11.4 Å². The number of alkyl carbamates (subject to hydrolysis) is 1. The quantitative estimate of drug-likeness (QED) is 0.855. The topological polar surface area (TPSA) is 63.5 Å². The molecule has 1 heterocycles. The summed E-state index contributed by atoms with van der Waals surface area (Å²) < 4.78 is 10.5. The van der Waals surface area contributed by atoms with Gasteiger partial charge in [-0.3, -0.25) is 0 Å². The molecule has 1 aromatic carbocycles. The maximum absolute atomic E-state index is 11.6. The Morgan fingerprint density at radius 1 is 1.04 bits per heavy atom. The lowest BCUT2D eigenvalue weighted by Crippen LogP contribution is -2.32. The van der Waals surface area contributed by atoms with Crippen LogP contribution in [0.25, 0.3) is 0 Å². The fraction of sp³-hybridized carbons (Fsp3) is 0.389. The molecule has 0 unspecified atom stereocenters. The summed E-state index contributed by atoms with van der Waals surface area (Å²) in [6.45, 7) is 7.45. The molecule has 124 valence electrons. The molecule has 0 fully saturated rings. The van der Waals surface area contributed by atoms with Gasteiger partial charge in [0.05, 0.1) is 12.8 Å². The fourth-order valence-electron chi connectivity index (χ4n) is 2.01. The van der Waals surface area contributed by atoms with Crippen LogP contribution in [0.3, 0.4) is 0 Å². The third-order valence-corrected chi connectivity index (χ3v) is 3.07. The minimum Gasteiger partial charge on any atom is -0.468 e. The summed E-state index contributed by atoms with van der Waals surface area (Å²) in [5, 5.41) is 6.06. The van der Waals surface area contributed by atoms with Crippen LogP contribution in [0.15, 0.2) is 47.1 Å². The molecule has 0 bridgehead atoms. The highest BCUT2D eigenvalue weighted by molar-refractivity contribution is 5.67. The second kappa shape index (κ2) is 7.83. The number of carbonyl (C=O) groups is 1. The van der Waals surface area contributed by atoms with Crippen molar-refractivity contribution in [3.8, 4) is 0 Å². The third kappa shape index (κ3) is 6.57. The minimum atomic E-state index is -0.479. The van der Waals surface area contributed by atoms with E-state index in [1.807, 2.05) is 57.2 Å². The van der Waals surface area contributed by atoms with Crippen LogP contribution in [0.1, 0.15) is 37.7 Å². The molecule has 0 saturated carbocycles. The Bertz CT molecular complexity index is 598. The standard InChI is InChI=1S/C18H24N2O3/c1-18(2,3)23-17(21)20-12-15-8-6-14(7-9-15)11-19-13-16-5-4-10-22-16/h4-10,19H,11-13H2,1-3H3,(H,20,21). The fourth-order valence-corrected chi connectivity index (χ4v) is 2.01. The van der Waals surface area contributed by atoms with Crippen molar-refractivity contribution < 1.29 is 13.9 Å². The number of furan rings is 1. The van der Waals surface area contributed by atoms with Gasteiger partial charge < -0.3 is 19.8 Å². The van der Waals surface area contributed by atoms with E-state index >= 15 is 0 Å². The molecule has 0 aliphatic heterocycles. The molecular weight excluding hydrogens is 292 g/mol. The molecule has 2 aromatic rings. The largest absolute Gasteiger partial charge is 0.468 e. The maximum Gasteiger partial charge on any atom is 0.407 e. The lowest BCUT2D eigenvalue weighted by Gasteiger charge is -2.19. The zero-order chi connectivity index (χ0) is 16.7. The lowest BCUT2D eigenvalue weighted by molar-refractivity contribution is 0.0523. The van der Waals surface area contributed by atoms with Gasteiger partial charge >= 0.3 is 6.09 Å². The van der Waals surface area contributed by atoms with Crippen LogP contribution >= 0.6 is 0 Å². The van der Waals surface area contributed by atoms with E-state index in [0.29, 0.717) is 13.1 Å². The van der Waals surface area contributed by atoms with Gasteiger partial charge in [0.25, 0.3) is 0 Å². The number of nitrogens with one attached hydrogen (secondary N) is 2. The average molecular weight is 316 g/mol. The smallest absolute Gasteiger partial charge is 0.407 e. The van der Waals surface area contributed by atoms with Crippen molar-refractivity contribution in [1.82, 2.24) is 10.6 Å². The van der Waals surface area contributed by atoms with E-state index in [0.717, 1.165) is 17.9 Å². The molecule has 1 aromatic heterocycles. The van der Waals surface area contributed by atoms with Crippen molar-refractivity contribution in [3.63, 3.8) is 0 Å². The van der Waals surface area contributed by atoms with E-state index in [-0.39, 0.29) is 0 Å². The summed E-state index contributed by atoms with van der Waals surface area (Å²) in [4.78, 5) is 11.6. The van der Waals surface area contributed by atoms with Crippen molar-refractivity contribution in [1.29, 1.82) is 0 Å². The predicted octanol–water partition coefficient (Wildman–Crippen LogP) is 3.59. The number of ether oxygens (including phenoxy) is 1. The minimum absolute atomic E-state index is 0.401. The summed E-state index contributed by atoms with van der Waals surface area (Å²) in [7, 11) is 0. The van der Waals surface area contributed by atoms with Crippen LogP contribution in [0.4, 0.5) is 4.79 Å². The van der Waals surface area contributed by atoms with E-state index in [4.69, 9.17) is 9.15 Å². The van der Waals surface area contributed by atoms with E-state index < -0.39 is 11.7 Å². The highest BCUT2D eigenvalue weighted by atomic mass is 16.6. The first kappa shape index (κ1) is 17.1. The molecule has 0 atom stereocenters. The van der Waals surface area contributed by atoms with E-state index in [9.17, 15) is 4.79 Å². The zero-order valence-electron chi connectivity index (χ0n) is 13.9. The SMILES string of the molecule is CC(C)(C)OC(=O)NCc1ccc(CNCc2ccco2)cc1. The van der Waals surface area contributed by atoms with Crippen molar-refractivity contribution in [2.45, 2.75) is 46.0 Å². The molecule has 0 saturated heterocycles. The Balaban J connectivity index is 1.72. The summed E-state index contributed by atoms with van der Waals surface area (Å²) in [5.41, 5.74) is 1.73. The van der Waals surface area contributed by atoms with Crippen LogP contribution in [0.2, 0.25) is 0 Å². The van der Waals surface area contributed by atoms with Crippen LogP contribution in [-0.2, 0) is 24.4 Å². The highest BCUT2D eigenvalue weighted by Gasteiger charge is 2.15. The molecule has 5 heteroatoms. The van der Waals surface area contributed by atoms with Gasteiger partial charge in [0, 0.05) is 13.1 Å². The van der Waals surface area contributed by atoms with Crippen molar-refractivity contribution in [2.75, 3.05) is 0 Å². The number of hydrogen-bond donors (Lipinski definition) is 2. The third-order valence-electron chi connectivity index (χ3n) is 3.07. The first-order valence-corrected chi connectivity index (χ1v) is 7.70. The normalized spacial score (nSPS) is 11.3. The molecule has 5 nitrogen and oxygen atoms in total. The molecule has 0 radical (unpaired) electrons. The van der Waals surface area contributed by atoms with E-state index in [1.165, 1.54) is 5.56 Å². The molecule has 1 amide bonds. The van der Waals surface area contributed by atoms with Gasteiger partial charge in [-0.1, -0.05) is 24.3 Å². The van der Waals surface area contributed by atoms with Gasteiger partial charge in [-0.2, -0.15) is 0 Å². The molecule has 0 aliphatic carbocycles. The van der Waals surface area contributed by atoms with E-state index in [2.05, 4.69) is 10.6 Å². The van der Waals surface area contributed by atoms with Gasteiger partial charge in [0.15, 0.2) is 0 Å². The van der Waals surface area contributed by atoms with Crippen LogP contribution in [-0.4, -0.2) is 11.7 Å². The zero-order valence-corrected chi connectivity index (χ0v) is 13.9. The number of hydrogen-bond acceptors (Lipinski definition) is 4. The molecule has 23 heavy (non-hydrogen) atoms. The van der Waals surface area contributed by atoms with Gasteiger partial charge in [-0.25, -0.2) is 4.79 Å². The summed E-state index contributed by atoms with van der Waals surface area (Å²) >= 11 is 0. The Morgan fingerprint density at radius 2 is 1.70 bits per heavy atom. The number of carbonyl (C=O) groups excluding carboxylic acids is 1. The number of rotatable bonds is 6.